The monoisotopic (exact) mass is 330 g/mol. The molecular weight excluding hydrogens is 310 g/mol. The maximum Gasteiger partial charge on any atom is 0.323 e. The standard InChI is InChI=1S/C15H20F2N2O4/c16-15(17)8-14(15)5-9(6-14)12(22)18-10-3-1-2-4-19(13(10)23)7-11(20)21/h9-10H,1-8H2,(H,18,22)(H,20,21). The molecule has 8 heteroatoms. The number of likely N-dealkylation sites (tertiary alicyclic amines) is 1. The van der Waals surface area contributed by atoms with Crippen LogP contribution in [0.25, 0.3) is 0 Å². The maximum absolute atomic E-state index is 13.2. The molecule has 6 nitrogen and oxygen atoms in total. The minimum absolute atomic E-state index is 0.140. The summed E-state index contributed by atoms with van der Waals surface area (Å²) < 4.78 is 26.3. The Hall–Kier alpha value is -1.73. The van der Waals surface area contributed by atoms with Gasteiger partial charge in [-0.2, -0.15) is 0 Å². The molecule has 2 amide bonds. The molecule has 23 heavy (non-hydrogen) atoms. The van der Waals surface area contributed by atoms with Gasteiger partial charge >= 0.3 is 5.97 Å². The van der Waals surface area contributed by atoms with Crippen LogP contribution in [-0.2, 0) is 14.4 Å². The van der Waals surface area contributed by atoms with E-state index in [1.165, 1.54) is 4.90 Å². The van der Waals surface area contributed by atoms with Crippen molar-refractivity contribution < 1.29 is 28.3 Å². The third kappa shape index (κ3) is 2.90. The maximum atomic E-state index is 13.2. The van der Waals surface area contributed by atoms with Crippen LogP contribution in [0.4, 0.5) is 8.78 Å². The van der Waals surface area contributed by atoms with Crippen LogP contribution >= 0.6 is 0 Å². The summed E-state index contributed by atoms with van der Waals surface area (Å²) in [4.78, 5) is 36.5. The van der Waals surface area contributed by atoms with E-state index in [0.717, 1.165) is 0 Å². The van der Waals surface area contributed by atoms with Gasteiger partial charge in [0.05, 0.1) is 0 Å². The van der Waals surface area contributed by atoms with Crippen LogP contribution in [0.5, 0.6) is 0 Å². The Morgan fingerprint density at radius 3 is 2.52 bits per heavy atom. The Bertz CT molecular complexity index is 546. The molecule has 3 aliphatic rings. The van der Waals surface area contributed by atoms with Gasteiger partial charge in [0.2, 0.25) is 11.8 Å². The van der Waals surface area contributed by atoms with Gasteiger partial charge in [-0.1, -0.05) is 0 Å². The van der Waals surface area contributed by atoms with Gasteiger partial charge in [0.15, 0.2) is 0 Å². The number of amides is 2. The van der Waals surface area contributed by atoms with E-state index in [0.29, 0.717) is 25.8 Å². The number of carboxylic acid groups (broad SMARTS) is 1. The number of hydrogen-bond donors (Lipinski definition) is 2. The number of halogens is 2. The molecule has 3 fully saturated rings. The molecule has 1 heterocycles. The first-order valence-electron chi connectivity index (χ1n) is 7.93. The van der Waals surface area contributed by atoms with Crippen LogP contribution in [-0.4, -0.2) is 52.8 Å². The summed E-state index contributed by atoms with van der Waals surface area (Å²) in [5, 5.41) is 11.5. The molecule has 0 aromatic carbocycles. The van der Waals surface area contributed by atoms with Gasteiger partial charge in [-0.05, 0) is 32.1 Å². The summed E-state index contributed by atoms with van der Waals surface area (Å²) >= 11 is 0. The third-order valence-corrected chi connectivity index (χ3v) is 5.28. The predicted octanol–water partition coefficient (Wildman–Crippen LogP) is 1.00. The first-order chi connectivity index (χ1) is 10.7. The molecule has 1 aliphatic heterocycles. The second kappa shape index (κ2) is 5.42. The molecule has 128 valence electrons. The highest BCUT2D eigenvalue weighted by Gasteiger charge is 2.76. The van der Waals surface area contributed by atoms with E-state index in [1.54, 1.807) is 0 Å². The van der Waals surface area contributed by atoms with E-state index in [9.17, 15) is 23.2 Å². The molecule has 0 aromatic rings. The number of carbonyl (C=O) groups is 3. The third-order valence-electron chi connectivity index (χ3n) is 5.28. The highest BCUT2D eigenvalue weighted by Crippen LogP contribution is 2.72. The minimum atomic E-state index is -2.64. The summed E-state index contributed by atoms with van der Waals surface area (Å²) in [7, 11) is 0. The zero-order valence-corrected chi connectivity index (χ0v) is 12.7. The summed E-state index contributed by atoms with van der Waals surface area (Å²) in [5.41, 5.74) is -0.974. The van der Waals surface area contributed by atoms with Crippen molar-refractivity contribution in [3.8, 4) is 0 Å². The number of aliphatic carboxylic acids is 1. The number of rotatable bonds is 4. The lowest BCUT2D eigenvalue weighted by Crippen LogP contribution is -2.52. The molecule has 1 saturated heterocycles. The second-order valence-electron chi connectivity index (χ2n) is 6.98. The second-order valence-corrected chi connectivity index (χ2v) is 6.98. The quantitative estimate of drug-likeness (QED) is 0.805. The molecule has 1 spiro atoms. The number of nitrogens with zero attached hydrogens (tertiary/aromatic N) is 1. The number of carbonyl (C=O) groups excluding carboxylic acids is 2. The lowest BCUT2D eigenvalue weighted by Gasteiger charge is -2.35. The van der Waals surface area contributed by atoms with E-state index >= 15 is 0 Å². The SMILES string of the molecule is O=C(O)CN1CCCCC(NC(=O)C2CC3(C2)CC3(F)F)C1=O. The average molecular weight is 330 g/mol. The number of carboxylic acids is 1. The van der Waals surface area contributed by atoms with Gasteiger partial charge < -0.3 is 15.3 Å². The number of nitrogens with one attached hydrogen (secondary N) is 1. The van der Waals surface area contributed by atoms with Crippen molar-refractivity contribution in [2.75, 3.05) is 13.1 Å². The fraction of sp³-hybridized carbons (Fsp3) is 0.800. The smallest absolute Gasteiger partial charge is 0.323 e. The Morgan fingerprint density at radius 1 is 1.30 bits per heavy atom. The van der Waals surface area contributed by atoms with Crippen LogP contribution in [0, 0.1) is 11.3 Å². The van der Waals surface area contributed by atoms with Crippen molar-refractivity contribution >= 4 is 17.8 Å². The minimum Gasteiger partial charge on any atom is -0.480 e. The van der Waals surface area contributed by atoms with Gasteiger partial charge in [-0.3, -0.25) is 14.4 Å². The van der Waals surface area contributed by atoms with Crippen molar-refractivity contribution in [2.45, 2.75) is 50.5 Å². The fourth-order valence-electron chi connectivity index (χ4n) is 3.74. The molecule has 2 aliphatic carbocycles. The molecule has 0 radical (unpaired) electrons. The summed E-state index contributed by atoms with van der Waals surface area (Å²) in [6.07, 6.45) is 2.05. The van der Waals surface area contributed by atoms with Gasteiger partial charge in [0.25, 0.3) is 5.92 Å². The Balaban J connectivity index is 1.55. The molecular formula is C15H20F2N2O4. The topological polar surface area (TPSA) is 86.7 Å². The van der Waals surface area contributed by atoms with E-state index in [-0.39, 0.29) is 31.7 Å². The first-order valence-corrected chi connectivity index (χ1v) is 7.93. The van der Waals surface area contributed by atoms with E-state index < -0.39 is 35.2 Å². The largest absolute Gasteiger partial charge is 0.480 e. The first kappa shape index (κ1) is 16.1. The Kier molecular flexibility index (Phi) is 3.80. The van der Waals surface area contributed by atoms with Gasteiger partial charge in [-0.25, -0.2) is 8.78 Å². The van der Waals surface area contributed by atoms with Crippen molar-refractivity contribution in [1.29, 1.82) is 0 Å². The zero-order valence-electron chi connectivity index (χ0n) is 12.7. The van der Waals surface area contributed by atoms with Gasteiger partial charge in [0, 0.05) is 24.3 Å². The summed E-state index contributed by atoms with van der Waals surface area (Å²) in [6, 6.07) is -0.749. The van der Waals surface area contributed by atoms with Crippen molar-refractivity contribution in [2.24, 2.45) is 11.3 Å². The molecule has 0 aromatic heterocycles. The van der Waals surface area contributed by atoms with Crippen molar-refractivity contribution in [3.05, 3.63) is 0 Å². The number of alkyl halides is 2. The molecule has 3 rings (SSSR count). The van der Waals surface area contributed by atoms with Crippen molar-refractivity contribution in [1.82, 2.24) is 10.2 Å². The van der Waals surface area contributed by atoms with Crippen LogP contribution in [0.2, 0.25) is 0 Å². The van der Waals surface area contributed by atoms with Crippen LogP contribution < -0.4 is 5.32 Å². The highest BCUT2D eigenvalue weighted by molar-refractivity contribution is 5.90. The molecule has 2 saturated carbocycles. The Labute approximate surface area is 132 Å². The van der Waals surface area contributed by atoms with E-state index in [1.807, 2.05) is 0 Å². The van der Waals surface area contributed by atoms with Crippen molar-refractivity contribution in [3.63, 3.8) is 0 Å². The lowest BCUT2D eigenvalue weighted by atomic mass is 9.71. The molecule has 1 unspecified atom stereocenters. The van der Waals surface area contributed by atoms with Crippen LogP contribution in [0.15, 0.2) is 0 Å². The van der Waals surface area contributed by atoms with Gasteiger partial charge in [0.1, 0.15) is 12.6 Å². The molecule has 1 atom stereocenters. The van der Waals surface area contributed by atoms with Crippen LogP contribution in [0.3, 0.4) is 0 Å². The number of hydrogen-bond acceptors (Lipinski definition) is 3. The Morgan fingerprint density at radius 2 is 1.96 bits per heavy atom. The fourth-order valence-corrected chi connectivity index (χ4v) is 3.74. The molecule has 2 N–H and O–H groups in total. The zero-order chi connectivity index (χ0) is 16.8. The van der Waals surface area contributed by atoms with E-state index in [2.05, 4.69) is 5.32 Å². The normalized spacial score (nSPS) is 35.4. The van der Waals surface area contributed by atoms with Crippen LogP contribution in [0.1, 0.15) is 38.5 Å². The van der Waals surface area contributed by atoms with Gasteiger partial charge in [-0.15, -0.1) is 0 Å². The lowest BCUT2D eigenvalue weighted by molar-refractivity contribution is -0.146. The summed E-state index contributed by atoms with van der Waals surface area (Å²) in [6.45, 7) is -0.0275. The summed E-state index contributed by atoms with van der Waals surface area (Å²) in [5.74, 6) is -4.97. The highest BCUT2D eigenvalue weighted by atomic mass is 19.3. The molecule has 0 bridgehead atoms. The van der Waals surface area contributed by atoms with E-state index in [4.69, 9.17) is 5.11 Å². The average Bonchev–Trinajstić information content (AvgIpc) is 3.04. The predicted molar refractivity (Wildman–Crippen MR) is 74.7 cm³/mol.